The van der Waals surface area contributed by atoms with Crippen LogP contribution in [0.4, 0.5) is 4.39 Å². The lowest BCUT2D eigenvalue weighted by molar-refractivity contribution is 0.284. The summed E-state index contributed by atoms with van der Waals surface area (Å²) >= 11 is 0. The van der Waals surface area contributed by atoms with Crippen molar-refractivity contribution in [3.8, 4) is 5.75 Å². The van der Waals surface area contributed by atoms with E-state index in [1.165, 1.54) is 6.07 Å². The van der Waals surface area contributed by atoms with Crippen LogP contribution < -0.4 is 10.5 Å². The first-order valence-corrected chi connectivity index (χ1v) is 5.74. The predicted octanol–water partition coefficient (Wildman–Crippen LogP) is 3.10. The summed E-state index contributed by atoms with van der Waals surface area (Å²) in [6.45, 7) is 5.24. The molecule has 0 atom stereocenters. The van der Waals surface area contributed by atoms with Gasteiger partial charge in [0.2, 0.25) is 0 Å². The molecule has 0 saturated heterocycles. The van der Waals surface area contributed by atoms with Crippen molar-refractivity contribution in [3.63, 3.8) is 0 Å². The second kappa shape index (κ2) is 6.48. The standard InChI is InChI=1S/C13H20FNO/c1-10(2)4-3-7-16-13-6-5-11(9-15)8-12(13)14/h5-6,8,10H,3-4,7,9,15H2,1-2H3. The molecule has 1 aromatic carbocycles. The molecule has 0 amide bonds. The molecule has 0 aliphatic carbocycles. The van der Waals surface area contributed by atoms with Gasteiger partial charge in [-0.25, -0.2) is 4.39 Å². The molecule has 0 unspecified atom stereocenters. The molecule has 0 radical (unpaired) electrons. The van der Waals surface area contributed by atoms with Crippen LogP contribution in [0.3, 0.4) is 0 Å². The van der Waals surface area contributed by atoms with E-state index in [1.807, 2.05) is 0 Å². The van der Waals surface area contributed by atoms with Gasteiger partial charge in [0.05, 0.1) is 6.61 Å². The van der Waals surface area contributed by atoms with E-state index in [0.717, 1.165) is 18.4 Å². The third kappa shape index (κ3) is 4.19. The quantitative estimate of drug-likeness (QED) is 0.755. The van der Waals surface area contributed by atoms with Crippen molar-refractivity contribution in [1.29, 1.82) is 0 Å². The van der Waals surface area contributed by atoms with Gasteiger partial charge in [0.15, 0.2) is 11.6 Å². The topological polar surface area (TPSA) is 35.2 Å². The maximum absolute atomic E-state index is 13.4. The van der Waals surface area contributed by atoms with E-state index < -0.39 is 0 Å². The fourth-order valence-electron chi connectivity index (χ4n) is 1.46. The van der Waals surface area contributed by atoms with Gasteiger partial charge < -0.3 is 10.5 Å². The normalized spacial score (nSPS) is 10.8. The molecule has 0 spiro atoms. The Kier molecular flexibility index (Phi) is 5.26. The SMILES string of the molecule is CC(C)CCCOc1ccc(CN)cc1F. The minimum Gasteiger partial charge on any atom is -0.491 e. The molecule has 0 aliphatic rings. The maximum atomic E-state index is 13.4. The van der Waals surface area contributed by atoms with Gasteiger partial charge in [-0.1, -0.05) is 19.9 Å². The molecule has 16 heavy (non-hydrogen) atoms. The van der Waals surface area contributed by atoms with E-state index in [0.29, 0.717) is 24.8 Å². The largest absolute Gasteiger partial charge is 0.491 e. The van der Waals surface area contributed by atoms with E-state index in [-0.39, 0.29) is 5.82 Å². The van der Waals surface area contributed by atoms with Crippen molar-refractivity contribution >= 4 is 0 Å². The summed E-state index contributed by atoms with van der Waals surface area (Å²) < 4.78 is 18.8. The fraction of sp³-hybridized carbons (Fsp3) is 0.538. The molecule has 0 fully saturated rings. The van der Waals surface area contributed by atoms with Crippen LogP contribution >= 0.6 is 0 Å². The number of rotatable bonds is 6. The van der Waals surface area contributed by atoms with Crippen molar-refractivity contribution in [1.82, 2.24) is 0 Å². The zero-order valence-electron chi connectivity index (χ0n) is 10.0. The van der Waals surface area contributed by atoms with Crippen molar-refractivity contribution in [2.75, 3.05) is 6.61 Å². The molecule has 0 heterocycles. The Bertz CT molecular complexity index is 326. The van der Waals surface area contributed by atoms with E-state index in [1.54, 1.807) is 12.1 Å². The first-order chi connectivity index (χ1) is 7.63. The number of benzene rings is 1. The Morgan fingerprint density at radius 3 is 2.69 bits per heavy atom. The van der Waals surface area contributed by atoms with Gasteiger partial charge >= 0.3 is 0 Å². The molecule has 0 aromatic heterocycles. The van der Waals surface area contributed by atoms with E-state index in [9.17, 15) is 4.39 Å². The van der Waals surface area contributed by atoms with Gasteiger partial charge in [-0.05, 0) is 36.5 Å². The number of hydrogen-bond donors (Lipinski definition) is 1. The average Bonchev–Trinajstić information content (AvgIpc) is 2.25. The van der Waals surface area contributed by atoms with Crippen molar-refractivity contribution in [2.45, 2.75) is 33.2 Å². The van der Waals surface area contributed by atoms with E-state index >= 15 is 0 Å². The molecule has 3 heteroatoms. The summed E-state index contributed by atoms with van der Waals surface area (Å²) in [4.78, 5) is 0. The molecule has 0 bridgehead atoms. The summed E-state index contributed by atoms with van der Waals surface area (Å²) in [5.74, 6) is 0.654. The Hall–Kier alpha value is -1.09. The third-order valence-corrected chi connectivity index (χ3v) is 2.42. The highest BCUT2D eigenvalue weighted by Crippen LogP contribution is 2.18. The highest BCUT2D eigenvalue weighted by atomic mass is 19.1. The van der Waals surface area contributed by atoms with E-state index in [4.69, 9.17) is 10.5 Å². The number of ether oxygens (including phenoxy) is 1. The highest BCUT2D eigenvalue weighted by molar-refractivity contribution is 5.29. The smallest absolute Gasteiger partial charge is 0.165 e. The zero-order valence-corrected chi connectivity index (χ0v) is 10.0. The Balaban J connectivity index is 2.42. The van der Waals surface area contributed by atoms with Crippen LogP contribution in [0.5, 0.6) is 5.75 Å². The van der Waals surface area contributed by atoms with Crippen LogP contribution in [0.1, 0.15) is 32.3 Å². The molecule has 0 aliphatic heterocycles. The number of hydrogen-bond acceptors (Lipinski definition) is 2. The molecular formula is C13H20FNO. The molecular weight excluding hydrogens is 205 g/mol. The molecule has 90 valence electrons. The summed E-state index contributed by atoms with van der Waals surface area (Å²) in [5, 5.41) is 0. The lowest BCUT2D eigenvalue weighted by atomic mass is 10.1. The summed E-state index contributed by atoms with van der Waals surface area (Å²) in [6, 6.07) is 4.87. The van der Waals surface area contributed by atoms with Gasteiger partial charge in [0.1, 0.15) is 0 Å². The Morgan fingerprint density at radius 2 is 2.12 bits per heavy atom. The second-order valence-corrected chi connectivity index (χ2v) is 4.35. The van der Waals surface area contributed by atoms with Gasteiger partial charge in [0.25, 0.3) is 0 Å². The van der Waals surface area contributed by atoms with Crippen LogP contribution in [-0.4, -0.2) is 6.61 Å². The summed E-state index contributed by atoms with van der Waals surface area (Å²) in [5.41, 5.74) is 6.20. The predicted molar refractivity (Wildman–Crippen MR) is 63.9 cm³/mol. The molecule has 0 saturated carbocycles. The lowest BCUT2D eigenvalue weighted by Gasteiger charge is -2.09. The van der Waals surface area contributed by atoms with Gasteiger partial charge in [-0.2, -0.15) is 0 Å². The second-order valence-electron chi connectivity index (χ2n) is 4.35. The summed E-state index contributed by atoms with van der Waals surface area (Å²) in [7, 11) is 0. The van der Waals surface area contributed by atoms with Gasteiger partial charge in [-0.3, -0.25) is 0 Å². The van der Waals surface area contributed by atoms with Crippen molar-refractivity contribution in [2.24, 2.45) is 11.7 Å². The average molecular weight is 225 g/mol. The minimum atomic E-state index is -0.326. The van der Waals surface area contributed by atoms with Gasteiger partial charge in [0, 0.05) is 6.54 Å². The molecule has 1 aromatic rings. The van der Waals surface area contributed by atoms with E-state index in [2.05, 4.69) is 13.8 Å². The number of nitrogens with two attached hydrogens (primary N) is 1. The van der Waals surface area contributed by atoms with Crippen molar-refractivity contribution < 1.29 is 9.13 Å². The van der Waals surface area contributed by atoms with Gasteiger partial charge in [-0.15, -0.1) is 0 Å². The maximum Gasteiger partial charge on any atom is 0.165 e. The minimum absolute atomic E-state index is 0.320. The first-order valence-electron chi connectivity index (χ1n) is 5.74. The Labute approximate surface area is 96.6 Å². The number of halogens is 1. The summed E-state index contributed by atoms with van der Waals surface area (Å²) in [6.07, 6.45) is 2.05. The van der Waals surface area contributed by atoms with Crippen LogP contribution in [0.2, 0.25) is 0 Å². The van der Waals surface area contributed by atoms with Crippen LogP contribution in [0.25, 0.3) is 0 Å². The Morgan fingerprint density at radius 1 is 1.38 bits per heavy atom. The first kappa shape index (κ1) is 13.0. The van der Waals surface area contributed by atoms with Crippen molar-refractivity contribution in [3.05, 3.63) is 29.6 Å². The van der Waals surface area contributed by atoms with Crippen LogP contribution in [0, 0.1) is 11.7 Å². The van der Waals surface area contributed by atoms with Crippen LogP contribution in [0.15, 0.2) is 18.2 Å². The lowest BCUT2D eigenvalue weighted by Crippen LogP contribution is -2.02. The fourth-order valence-corrected chi connectivity index (χ4v) is 1.46. The molecule has 2 nitrogen and oxygen atoms in total. The third-order valence-electron chi connectivity index (χ3n) is 2.42. The molecule has 2 N–H and O–H groups in total. The highest BCUT2D eigenvalue weighted by Gasteiger charge is 2.04. The van der Waals surface area contributed by atoms with Crippen LogP contribution in [-0.2, 0) is 6.54 Å². The monoisotopic (exact) mass is 225 g/mol. The zero-order chi connectivity index (χ0) is 12.0. The molecule has 1 rings (SSSR count).